The number of alkyl carbamates (subject to hydrolysis) is 1. The number of carbonyl (C=O) groups excluding carboxylic acids is 5. The first-order valence-electron chi connectivity index (χ1n) is 15.0. The Morgan fingerprint density at radius 1 is 1.00 bits per heavy atom. The Balaban J connectivity index is 1.76. The number of nitrogens with one attached hydrogen (secondary N) is 3. The predicted octanol–water partition coefficient (Wildman–Crippen LogP) is 3.24. The fraction of sp³-hybridized carbons (Fsp3) is 0.767. The maximum Gasteiger partial charge on any atom is 0.408 e. The van der Waals surface area contributed by atoms with Crippen LogP contribution in [0.5, 0.6) is 0 Å². The first-order valence-corrected chi connectivity index (χ1v) is 15.0. The predicted molar refractivity (Wildman–Crippen MR) is 151 cm³/mol. The Hall–Kier alpha value is -2.91. The maximum atomic E-state index is 14.1. The molecule has 0 aromatic heterocycles. The quantitative estimate of drug-likeness (QED) is 0.262. The minimum atomic E-state index is -0.978. The van der Waals surface area contributed by atoms with Crippen molar-refractivity contribution in [3.63, 3.8) is 0 Å². The van der Waals surface area contributed by atoms with E-state index in [0.717, 1.165) is 25.7 Å². The summed E-state index contributed by atoms with van der Waals surface area (Å²) >= 11 is 0. The van der Waals surface area contributed by atoms with Gasteiger partial charge in [0.15, 0.2) is 0 Å². The summed E-state index contributed by atoms with van der Waals surface area (Å²) in [6.07, 6.45) is 9.24. The number of hydrogen-bond acceptors (Lipinski definition) is 6. The van der Waals surface area contributed by atoms with Crippen LogP contribution in [0.2, 0.25) is 0 Å². The summed E-state index contributed by atoms with van der Waals surface area (Å²) < 4.78 is 5.51. The van der Waals surface area contributed by atoms with Gasteiger partial charge in [-0.25, -0.2) is 4.79 Å². The number of rotatable bonds is 11. The molecule has 0 bridgehead atoms. The van der Waals surface area contributed by atoms with Crippen LogP contribution in [0.25, 0.3) is 0 Å². The fourth-order valence-electron chi connectivity index (χ4n) is 6.58. The van der Waals surface area contributed by atoms with Crippen LogP contribution >= 0.6 is 0 Å². The van der Waals surface area contributed by atoms with E-state index in [-0.39, 0.29) is 18.4 Å². The Morgan fingerprint density at radius 2 is 1.65 bits per heavy atom. The molecule has 0 aromatic rings. The van der Waals surface area contributed by atoms with Crippen molar-refractivity contribution >= 4 is 29.6 Å². The smallest absolute Gasteiger partial charge is 0.408 e. The van der Waals surface area contributed by atoms with Crippen molar-refractivity contribution in [3.05, 3.63) is 12.7 Å². The molecule has 4 unspecified atom stereocenters. The molecule has 10 heteroatoms. The summed E-state index contributed by atoms with van der Waals surface area (Å²) in [5.74, 6) is -1.14. The summed E-state index contributed by atoms with van der Waals surface area (Å²) in [5.41, 5.74) is -0.712. The zero-order chi connectivity index (χ0) is 29.4. The van der Waals surface area contributed by atoms with Crippen molar-refractivity contribution < 1.29 is 28.7 Å². The van der Waals surface area contributed by atoms with Crippen LogP contribution in [0.4, 0.5) is 4.79 Å². The maximum absolute atomic E-state index is 14.1. The van der Waals surface area contributed by atoms with Crippen LogP contribution in [0.3, 0.4) is 0 Å². The van der Waals surface area contributed by atoms with E-state index in [1.165, 1.54) is 18.9 Å². The van der Waals surface area contributed by atoms with E-state index in [4.69, 9.17) is 4.74 Å². The van der Waals surface area contributed by atoms with Gasteiger partial charge in [-0.1, -0.05) is 45.1 Å². The van der Waals surface area contributed by atoms with E-state index in [1.54, 1.807) is 25.7 Å². The molecule has 40 heavy (non-hydrogen) atoms. The molecule has 3 fully saturated rings. The summed E-state index contributed by atoms with van der Waals surface area (Å²) in [4.78, 5) is 66.9. The van der Waals surface area contributed by atoms with Gasteiger partial charge >= 0.3 is 6.09 Å². The van der Waals surface area contributed by atoms with Crippen molar-refractivity contribution in [1.82, 2.24) is 20.9 Å². The Morgan fingerprint density at radius 3 is 2.23 bits per heavy atom. The SMILES string of the molecule is C=CCNC(=O)C(=O)C(CCC)NC(=O)[C@@H]1CCCN1C(=O)C(NC(=O)OC(C)(C)C)C1CC2CCCCC2C1. The Kier molecular flexibility index (Phi) is 11.2. The molecular formula is C30H48N4O6. The van der Waals surface area contributed by atoms with E-state index in [9.17, 15) is 24.0 Å². The van der Waals surface area contributed by atoms with Crippen LogP contribution in [0.15, 0.2) is 12.7 Å². The number of likely N-dealkylation sites (tertiary alicyclic amines) is 1. The van der Waals surface area contributed by atoms with Crippen LogP contribution in [0.1, 0.15) is 91.9 Å². The van der Waals surface area contributed by atoms with Gasteiger partial charge in [-0.2, -0.15) is 0 Å². The second-order valence-electron chi connectivity index (χ2n) is 12.6. The lowest BCUT2D eigenvalue weighted by molar-refractivity contribution is -0.143. The van der Waals surface area contributed by atoms with E-state index >= 15 is 0 Å². The Labute approximate surface area is 238 Å². The van der Waals surface area contributed by atoms with Crippen LogP contribution in [-0.2, 0) is 23.9 Å². The standard InChI is InChI=1S/C30H48N4O6/c1-6-11-22(25(35)27(37)31-15-7-2)32-26(36)23-14-10-16-34(23)28(38)24(33-29(39)40-30(3,4)5)21-17-19-12-8-9-13-20(19)18-21/h7,19-24H,2,6,8-18H2,1,3-5H3,(H,31,37)(H,32,36)(H,33,39)/t19?,20?,21?,22?,23-,24?/m0/s1. The van der Waals surface area contributed by atoms with Crippen molar-refractivity contribution in [1.29, 1.82) is 0 Å². The topological polar surface area (TPSA) is 134 Å². The van der Waals surface area contributed by atoms with Gasteiger partial charge in [-0.3, -0.25) is 19.2 Å². The molecule has 0 spiro atoms. The number of carbonyl (C=O) groups is 5. The highest BCUT2D eigenvalue weighted by atomic mass is 16.6. The zero-order valence-corrected chi connectivity index (χ0v) is 24.6. The minimum absolute atomic E-state index is 0.0274. The summed E-state index contributed by atoms with van der Waals surface area (Å²) in [5, 5.41) is 8.09. The van der Waals surface area contributed by atoms with Crippen molar-refractivity contribution in [2.24, 2.45) is 17.8 Å². The molecule has 3 N–H and O–H groups in total. The molecule has 2 saturated carbocycles. The Bertz CT molecular complexity index is 946. The molecule has 3 aliphatic rings. The number of Topliss-reactive ketones (excluding diaryl/α,β-unsaturated/α-hetero) is 1. The lowest BCUT2D eigenvalue weighted by atomic mass is 9.82. The molecule has 3 rings (SSSR count). The summed E-state index contributed by atoms with van der Waals surface area (Å²) in [7, 11) is 0. The van der Waals surface area contributed by atoms with E-state index < -0.39 is 47.4 Å². The van der Waals surface area contributed by atoms with Gasteiger partial charge in [0.1, 0.15) is 17.7 Å². The van der Waals surface area contributed by atoms with Crippen molar-refractivity contribution in [3.8, 4) is 0 Å². The zero-order valence-electron chi connectivity index (χ0n) is 24.6. The van der Waals surface area contributed by atoms with E-state index in [0.29, 0.717) is 44.1 Å². The van der Waals surface area contributed by atoms with Gasteiger partial charge in [0.25, 0.3) is 5.91 Å². The van der Waals surface area contributed by atoms with Gasteiger partial charge in [-0.05, 0) is 70.6 Å². The van der Waals surface area contributed by atoms with Gasteiger partial charge < -0.3 is 25.6 Å². The third kappa shape index (κ3) is 8.30. The molecule has 4 amide bonds. The highest BCUT2D eigenvalue weighted by Gasteiger charge is 2.46. The van der Waals surface area contributed by atoms with Crippen LogP contribution in [0, 0.1) is 17.8 Å². The number of ketones is 1. The highest BCUT2D eigenvalue weighted by molar-refractivity contribution is 6.38. The third-order valence-electron chi connectivity index (χ3n) is 8.37. The minimum Gasteiger partial charge on any atom is -0.444 e. The average molecular weight is 561 g/mol. The molecule has 1 aliphatic heterocycles. The summed E-state index contributed by atoms with van der Waals surface area (Å²) in [6, 6.07) is -2.54. The highest BCUT2D eigenvalue weighted by Crippen LogP contribution is 2.46. The molecule has 0 radical (unpaired) electrons. The molecule has 1 heterocycles. The van der Waals surface area contributed by atoms with Gasteiger partial charge in [0.05, 0.1) is 6.04 Å². The van der Waals surface area contributed by atoms with Crippen molar-refractivity contribution in [2.75, 3.05) is 13.1 Å². The van der Waals surface area contributed by atoms with Crippen molar-refractivity contribution in [2.45, 2.75) is 116 Å². The molecular weight excluding hydrogens is 512 g/mol. The first kappa shape index (κ1) is 31.6. The number of nitrogens with zero attached hydrogens (tertiary/aromatic N) is 1. The second-order valence-corrected chi connectivity index (χ2v) is 12.6. The first-order chi connectivity index (χ1) is 18.9. The second kappa shape index (κ2) is 14.1. The number of amides is 4. The number of ether oxygens (including phenoxy) is 1. The molecule has 5 atom stereocenters. The lowest BCUT2D eigenvalue weighted by Crippen LogP contribution is -2.57. The van der Waals surface area contributed by atoms with Gasteiger partial charge in [0, 0.05) is 13.1 Å². The largest absolute Gasteiger partial charge is 0.444 e. The normalized spacial score (nSPS) is 25.8. The average Bonchev–Trinajstić information content (AvgIpc) is 3.55. The number of hydrogen-bond donors (Lipinski definition) is 3. The van der Waals surface area contributed by atoms with Crippen LogP contribution < -0.4 is 16.0 Å². The van der Waals surface area contributed by atoms with Gasteiger partial charge in [-0.15, -0.1) is 6.58 Å². The molecule has 1 saturated heterocycles. The third-order valence-corrected chi connectivity index (χ3v) is 8.37. The summed E-state index contributed by atoms with van der Waals surface area (Å²) in [6.45, 7) is 11.3. The molecule has 224 valence electrons. The monoisotopic (exact) mass is 560 g/mol. The lowest BCUT2D eigenvalue weighted by Gasteiger charge is -2.32. The molecule has 0 aromatic carbocycles. The molecule has 2 aliphatic carbocycles. The van der Waals surface area contributed by atoms with E-state index in [2.05, 4.69) is 22.5 Å². The van der Waals surface area contributed by atoms with E-state index in [1.807, 2.05) is 6.92 Å². The van der Waals surface area contributed by atoms with Crippen LogP contribution in [-0.4, -0.2) is 71.3 Å². The molecule has 10 nitrogen and oxygen atoms in total. The number of fused-ring (bicyclic) bond motifs is 1. The van der Waals surface area contributed by atoms with Gasteiger partial charge in [0.2, 0.25) is 17.6 Å². The fourth-order valence-corrected chi connectivity index (χ4v) is 6.58.